The summed E-state index contributed by atoms with van der Waals surface area (Å²) >= 11 is 0. The number of halogens is 3. The van der Waals surface area contributed by atoms with E-state index in [2.05, 4.69) is 10.6 Å². The number of alkyl halides is 3. The third-order valence-electron chi connectivity index (χ3n) is 3.87. The van der Waals surface area contributed by atoms with E-state index in [0.717, 1.165) is 12.1 Å². The van der Waals surface area contributed by atoms with Crippen LogP contribution in [0, 0.1) is 10.1 Å². The van der Waals surface area contributed by atoms with Crippen molar-refractivity contribution in [2.24, 2.45) is 0 Å². The minimum absolute atomic E-state index is 0.0312. The zero-order valence-electron chi connectivity index (χ0n) is 15.5. The van der Waals surface area contributed by atoms with Crippen molar-refractivity contribution in [1.82, 2.24) is 0 Å². The number of hydrogen-bond acceptors (Lipinski definition) is 6. The number of nitro groups is 1. The molecule has 2 rings (SSSR count). The smallest absolute Gasteiger partial charge is 0.416 e. The van der Waals surface area contributed by atoms with Crippen molar-refractivity contribution in [2.45, 2.75) is 12.6 Å². The number of carbonyl (C=O) groups excluding carboxylic acids is 1. The second kappa shape index (κ2) is 9.13. The molecule has 2 aromatic carbocycles. The highest BCUT2D eigenvalue weighted by molar-refractivity contribution is 5.92. The fourth-order valence-electron chi connectivity index (χ4n) is 2.43. The van der Waals surface area contributed by atoms with Gasteiger partial charge < -0.3 is 20.1 Å². The van der Waals surface area contributed by atoms with E-state index in [0.29, 0.717) is 23.3 Å². The summed E-state index contributed by atoms with van der Waals surface area (Å²) in [6, 6.07) is 6.94. The number of carbonyl (C=O) groups is 1. The van der Waals surface area contributed by atoms with Crippen molar-refractivity contribution in [3.8, 4) is 11.5 Å². The second-order valence-electron chi connectivity index (χ2n) is 5.78. The lowest BCUT2D eigenvalue weighted by Gasteiger charge is -2.12. The van der Waals surface area contributed by atoms with E-state index in [1.54, 1.807) is 18.2 Å². The number of amides is 1. The van der Waals surface area contributed by atoms with Gasteiger partial charge in [-0.2, -0.15) is 13.2 Å². The van der Waals surface area contributed by atoms with Gasteiger partial charge in [-0.05, 0) is 24.3 Å². The lowest BCUT2D eigenvalue weighted by molar-refractivity contribution is -0.384. The van der Waals surface area contributed by atoms with Gasteiger partial charge in [-0.1, -0.05) is 0 Å². The molecule has 8 nitrogen and oxygen atoms in total. The molecule has 0 saturated heterocycles. The molecule has 1 amide bonds. The molecular weight excluding hydrogens is 395 g/mol. The topological polar surface area (TPSA) is 103 Å². The van der Waals surface area contributed by atoms with Crippen LogP contribution in [0.5, 0.6) is 11.5 Å². The molecule has 0 aliphatic heterocycles. The minimum Gasteiger partial charge on any atom is -0.497 e. The van der Waals surface area contributed by atoms with E-state index in [9.17, 15) is 28.1 Å². The Labute approximate surface area is 163 Å². The van der Waals surface area contributed by atoms with Crippen LogP contribution in [0.3, 0.4) is 0 Å². The summed E-state index contributed by atoms with van der Waals surface area (Å²) in [7, 11) is 2.91. The minimum atomic E-state index is -4.69. The molecule has 2 aromatic rings. The Morgan fingerprint density at radius 3 is 2.38 bits per heavy atom. The Hall–Kier alpha value is -3.50. The van der Waals surface area contributed by atoms with Crippen molar-refractivity contribution in [3.63, 3.8) is 0 Å². The number of nitrogens with one attached hydrogen (secondary N) is 2. The van der Waals surface area contributed by atoms with Crippen molar-refractivity contribution in [2.75, 3.05) is 31.4 Å². The molecule has 0 bridgehead atoms. The third kappa shape index (κ3) is 5.74. The number of anilines is 2. The number of ether oxygens (including phenoxy) is 2. The van der Waals surface area contributed by atoms with Crippen LogP contribution in [-0.4, -0.2) is 31.6 Å². The average Bonchev–Trinajstić information content (AvgIpc) is 2.67. The van der Waals surface area contributed by atoms with Gasteiger partial charge >= 0.3 is 6.18 Å². The molecule has 11 heteroatoms. The van der Waals surface area contributed by atoms with Gasteiger partial charge in [0.15, 0.2) is 0 Å². The Bertz CT molecular complexity index is 903. The molecule has 0 unspecified atom stereocenters. The summed E-state index contributed by atoms with van der Waals surface area (Å²) in [6.07, 6.45) is -4.78. The molecule has 0 aliphatic carbocycles. The standard InChI is InChI=1S/C18H18F3N3O5/c1-28-12-4-6-14(16(10-12)29-2)23-17(25)7-8-22-13-5-3-11(18(19,20)21)9-15(13)24(26)27/h3-6,9-10,22H,7-8H2,1-2H3,(H,23,25). The Kier molecular flexibility index (Phi) is 6.86. The van der Waals surface area contributed by atoms with Gasteiger partial charge in [0.2, 0.25) is 5.91 Å². The van der Waals surface area contributed by atoms with Gasteiger partial charge in [0, 0.05) is 25.1 Å². The maximum Gasteiger partial charge on any atom is 0.416 e. The molecule has 0 heterocycles. The van der Waals surface area contributed by atoms with Crippen molar-refractivity contribution in [1.29, 1.82) is 0 Å². The summed E-state index contributed by atoms with van der Waals surface area (Å²) < 4.78 is 48.4. The lowest BCUT2D eigenvalue weighted by atomic mass is 10.1. The summed E-state index contributed by atoms with van der Waals surface area (Å²) in [6.45, 7) is -0.0312. The zero-order valence-corrected chi connectivity index (χ0v) is 15.5. The van der Waals surface area contributed by atoms with E-state index in [1.807, 2.05) is 0 Å². The first-order valence-electron chi connectivity index (χ1n) is 8.27. The third-order valence-corrected chi connectivity index (χ3v) is 3.87. The first kappa shape index (κ1) is 21.8. The zero-order chi connectivity index (χ0) is 21.6. The van der Waals surface area contributed by atoms with Gasteiger partial charge in [0.05, 0.1) is 30.4 Å². The van der Waals surface area contributed by atoms with Gasteiger partial charge in [0.25, 0.3) is 5.69 Å². The SMILES string of the molecule is COc1ccc(NC(=O)CCNc2ccc(C(F)(F)F)cc2[N+](=O)[O-])c(OC)c1. The van der Waals surface area contributed by atoms with Crippen LogP contribution in [-0.2, 0) is 11.0 Å². The highest BCUT2D eigenvalue weighted by Crippen LogP contribution is 2.35. The molecule has 0 atom stereocenters. The second-order valence-corrected chi connectivity index (χ2v) is 5.78. The first-order valence-corrected chi connectivity index (χ1v) is 8.27. The molecule has 29 heavy (non-hydrogen) atoms. The monoisotopic (exact) mass is 413 g/mol. The van der Waals surface area contributed by atoms with E-state index < -0.39 is 28.3 Å². The predicted molar refractivity (Wildman–Crippen MR) is 99.4 cm³/mol. The normalized spacial score (nSPS) is 10.9. The fraction of sp³-hybridized carbons (Fsp3) is 0.278. The Morgan fingerprint density at radius 2 is 1.79 bits per heavy atom. The molecule has 0 saturated carbocycles. The van der Waals surface area contributed by atoms with Crippen LogP contribution in [0.15, 0.2) is 36.4 Å². The number of methoxy groups -OCH3 is 2. The number of nitro benzene ring substituents is 1. The van der Waals surface area contributed by atoms with Crippen molar-refractivity contribution >= 4 is 23.0 Å². The molecule has 156 valence electrons. The largest absolute Gasteiger partial charge is 0.497 e. The maximum absolute atomic E-state index is 12.7. The average molecular weight is 413 g/mol. The quantitative estimate of drug-likeness (QED) is 0.500. The molecule has 0 fully saturated rings. The lowest BCUT2D eigenvalue weighted by Crippen LogP contribution is -2.17. The summed E-state index contributed by atoms with van der Waals surface area (Å²) in [5, 5.41) is 16.3. The van der Waals surface area contributed by atoms with Gasteiger partial charge in [0.1, 0.15) is 17.2 Å². The van der Waals surface area contributed by atoms with Crippen LogP contribution in [0.2, 0.25) is 0 Å². The molecular formula is C18H18F3N3O5. The molecule has 0 aliphatic rings. The highest BCUT2D eigenvalue weighted by atomic mass is 19.4. The van der Waals surface area contributed by atoms with E-state index in [-0.39, 0.29) is 18.7 Å². The van der Waals surface area contributed by atoms with Crippen LogP contribution in [0.4, 0.5) is 30.2 Å². The summed E-state index contributed by atoms with van der Waals surface area (Å²) in [5.74, 6) is 0.496. The number of nitrogens with zero attached hydrogens (tertiary/aromatic N) is 1. The fourth-order valence-corrected chi connectivity index (χ4v) is 2.43. The van der Waals surface area contributed by atoms with Gasteiger partial charge in [-0.15, -0.1) is 0 Å². The van der Waals surface area contributed by atoms with E-state index in [4.69, 9.17) is 9.47 Å². The van der Waals surface area contributed by atoms with Crippen LogP contribution in [0.1, 0.15) is 12.0 Å². The van der Waals surface area contributed by atoms with Crippen molar-refractivity contribution in [3.05, 3.63) is 52.1 Å². The van der Waals surface area contributed by atoms with Crippen molar-refractivity contribution < 1.29 is 32.4 Å². The van der Waals surface area contributed by atoms with E-state index >= 15 is 0 Å². The number of hydrogen-bond donors (Lipinski definition) is 2. The van der Waals surface area contributed by atoms with Crippen LogP contribution >= 0.6 is 0 Å². The Morgan fingerprint density at radius 1 is 1.10 bits per heavy atom. The summed E-state index contributed by atoms with van der Waals surface area (Å²) in [4.78, 5) is 22.2. The van der Waals surface area contributed by atoms with Gasteiger partial charge in [-0.25, -0.2) is 0 Å². The Balaban J connectivity index is 2.01. The molecule has 0 spiro atoms. The predicted octanol–water partition coefficient (Wildman–Crippen LogP) is 4.07. The van der Waals surface area contributed by atoms with Gasteiger partial charge in [-0.3, -0.25) is 14.9 Å². The number of rotatable bonds is 8. The van der Waals surface area contributed by atoms with E-state index in [1.165, 1.54) is 14.2 Å². The van der Waals surface area contributed by atoms with Crippen LogP contribution < -0.4 is 20.1 Å². The first-order chi connectivity index (χ1) is 13.7. The highest BCUT2D eigenvalue weighted by Gasteiger charge is 2.33. The van der Waals surface area contributed by atoms with Crippen LogP contribution in [0.25, 0.3) is 0 Å². The molecule has 0 radical (unpaired) electrons. The maximum atomic E-state index is 12.7. The molecule has 2 N–H and O–H groups in total. The number of benzene rings is 2. The molecule has 0 aromatic heterocycles. The summed E-state index contributed by atoms with van der Waals surface area (Å²) in [5.41, 5.74) is -1.56.